The van der Waals surface area contributed by atoms with E-state index in [0.29, 0.717) is 17.3 Å². The second-order valence-electron chi connectivity index (χ2n) is 4.67. The fourth-order valence-corrected chi connectivity index (χ4v) is 2.74. The summed E-state index contributed by atoms with van der Waals surface area (Å²) in [6.07, 6.45) is 2.47. The van der Waals surface area contributed by atoms with Gasteiger partial charge in [0.2, 0.25) is 15.9 Å². The van der Waals surface area contributed by atoms with Crippen LogP contribution in [0.5, 0.6) is 5.88 Å². The molecule has 0 spiro atoms. The molecule has 8 nitrogen and oxygen atoms in total. The van der Waals surface area contributed by atoms with Gasteiger partial charge in [0.05, 0.1) is 31.8 Å². The Bertz CT molecular complexity index is 783. The quantitative estimate of drug-likeness (QED) is 0.843. The Morgan fingerprint density at radius 1 is 1.35 bits per heavy atom. The summed E-state index contributed by atoms with van der Waals surface area (Å²) in [6, 6.07) is 6.18. The lowest BCUT2D eigenvalue weighted by Crippen LogP contribution is -2.29. The molecule has 0 aliphatic heterocycles. The van der Waals surface area contributed by atoms with Crippen LogP contribution in [-0.4, -0.2) is 39.7 Å². The third-order valence-corrected chi connectivity index (χ3v) is 4.17. The molecule has 1 N–H and O–H groups in total. The molecule has 124 valence electrons. The highest BCUT2D eigenvalue weighted by atomic mass is 32.2. The number of rotatable bonds is 6. The van der Waals surface area contributed by atoms with E-state index in [9.17, 15) is 13.2 Å². The van der Waals surface area contributed by atoms with Crippen LogP contribution in [0.4, 0.5) is 5.69 Å². The predicted octanol–water partition coefficient (Wildman–Crippen LogP) is 1.01. The molecule has 2 rings (SSSR count). The number of sulfonamides is 1. The van der Waals surface area contributed by atoms with E-state index in [4.69, 9.17) is 9.15 Å². The van der Waals surface area contributed by atoms with Crippen LogP contribution < -0.4 is 14.4 Å². The van der Waals surface area contributed by atoms with Crippen LogP contribution in [0.3, 0.4) is 0 Å². The molecule has 1 amide bonds. The van der Waals surface area contributed by atoms with Gasteiger partial charge in [-0.05, 0) is 18.2 Å². The van der Waals surface area contributed by atoms with Crippen molar-refractivity contribution in [2.45, 2.75) is 6.54 Å². The van der Waals surface area contributed by atoms with Gasteiger partial charge >= 0.3 is 0 Å². The SMILES string of the molecule is CNC(=O)c1ccc(CN(c2ccc(OC)nc2)S(C)(=O)=O)o1. The second-order valence-corrected chi connectivity index (χ2v) is 6.58. The van der Waals surface area contributed by atoms with E-state index >= 15 is 0 Å². The molecule has 2 aromatic rings. The Kier molecular flexibility index (Phi) is 4.89. The van der Waals surface area contributed by atoms with Gasteiger partial charge in [0.1, 0.15) is 5.76 Å². The molecule has 9 heteroatoms. The Morgan fingerprint density at radius 2 is 2.09 bits per heavy atom. The minimum atomic E-state index is -3.56. The second kappa shape index (κ2) is 6.69. The molecule has 0 bridgehead atoms. The molecular weight excluding hydrogens is 322 g/mol. The zero-order chi connectivity index (χ0) is 17.0. The van der Waals surface area contributed by atoms with Gasteiger partial charge in [-0.15, -0.1) is 0 Å². The zero-order valence-electron chi connectivity index (χ0n) is 12.9. The number of amides is 1. The molecule has 0 fully saturated rings. The van der Waals surface area contributed by atoms with Gasteiger partial charge in [-0.3, -0.25) is 9.10 Å². The zero-order valence-corrected chi connectivity index (χ0v) is 13.8. The topological polar surface area (TPSA) is 102 Å². The minimum absolute atomic E-state index is 0.0517. The van der Waals surface area contributed by atoms with Gasteiger partial charge in [0.15, 0.2) is 5.76 Å². The van der Waals surface area contributed by atoms with E-state index in [1.54, 1.807) is 18.2 Å². The molecule has 0 radical (unpaired) electrons. The van der Waals surface area contributed by atoms with Crippen molar-refractivity contribution >= 4 is 21.6 Å². The lowest BCUT2D eigenvalue weighted by Gasteiger charge is -2.21. The number of carbonyl (C=O) groups is 1. The number of hydrogen-bond acceptors (Lipinski definition) is 6. The Labute approximate surface area is 134 Å². The normalized spacial score (nSPS) is 11.1. The van der Waals surface area contributed by atoms with E-state index < -0.39 is 10.0 Å². The van der Waals surface area contributed by atoms with Gasteiger partial charge in [-0.1, -0.05) is 0 Å². The average Bonchev–Trinajstić information content (AvgIpc) is 2.99. The van der Waals surface area contributed by atoms with Crippen molar-refractivity contribution in [3.8, 4) is 5.88 Å². The molecule has 0 atom stereocenters. The first-order valence-corrected chi connectivity index (χ1v) is 8.48. The van der Waals surface area contributed by atoms with Crippen molar-refractivity contribution in [3.63, 3.8) is 0 Å². The van der Waals surface area contributed by atoms with E-state index in [-0.39, 0.29) is 18.2 Å². The highest BCUT2D eigenvalue weighted by Gasteiger charge is 2.21. The van der Waals surface area contributed by atoms with E-state index in [2.05, 4.69) is 10.3 Å². The molecule has 0 aromatic carbocycles. The highest BCUT2D eigenvalue weighted by Crippen LogP contribution is 2.22. The largest absolute Gasteiger partial charge is 0.481 e. The summed E-state index contributed by atoms with van der Waals surface area (Å²) in [5, 5.41) is 2.43. The van der Waals surface area contributed by atoms with Crippen LogP contribution in [-0.2, 0) is 16.6 Å². The maximum absolute atomic E-state index is 12.0. The minimum Gasteiger partial charge on any atom is -0.481 e. The van der Waals surface area contributed by atoms with Crippen LogP contribution in [0.1, 0.15) is 16.3 Å². The number of carbonyl (C=O) groups excluding carboxylic acids is 1. The Balaban J connectivity index is 2.29. The monoisotopic (exact) mass is 339 g/mol. The van der Waals surface area contributed by atoms with Crippen LogP contribution in [0, 0.1) is 0 Å². The van der Waals surface area contributed by atoms with Gasteiger partial charge in [-0.25, -0.2) is 13.4 Å². The summed E-state index contributed by atoms with van der Waals surface area (Å²) in [4.78, 5) is 15.5. The average molecular weight is 339 g/mol. The Hall–Kier alpha value is -2.55. The molecule has 0 aliphatic carbocycles. The van der Waals surface area contributed by atoms with Crippen molar-refractivity contribution < 1.29 is 22.4 Å². The number of ether oxygens (including phenoxy) is 1. The summed E-state index contributed by atoms with van der Waals surface area (Å²) >= 11 is 0. The summed E-state index contributed by atoms with van der Waals surface area (Å²) in [7, 11) is -0.606. The number of nitrogens with one attached hydrogen (secondary N) is 1. The summed E-state index contributed by atoms with van der Waals surface area (Å²) in [5.41, 5.74) is 0.367. The molecule has 2 heterocycles. The highest BCUT2D eigenvalue weighted by molar-refractivity contribution is 7.92. The summed E-state index contributed by atoms with van der Waals surface area (Å²) in [5.74, 6) is 0.448. The lowest BCUT2D eigenvalue weighted by atomic mass is 10.3. The Morgan fingerprint density at radius 3 is 2.61 bits per heavy atom. The van der Waals surface area contributed by atoms with Gasteiger partial charge in [0, 0.05) is 13.1 Å². The third-order valence-electron chi connectivity index (χ3n) is 3.03. The molecular formula is C14H17N3O5S. The van der Waals surface area contributed by atoms with Crippen LogP contribution in [0.25, 0.3) is 0 Å². The number of methoxy groups -OCH3 is 1. The number of hydrogen-bond donors (Lipinski definition) is 1. The molecule has 2 aromatic heterocycles. The number of nitrogens with zero attached hydrogens (tertiary/aromatic N) is 2. The van der Waals surface area contributed by atoms with Gasteiger partial charge in [-0.2, -0.15) is 0 Å². The van der Waals surface area contributed by atoms with Crippen molar-refractivity contribution in [1.82, 2.24) is 10.3 Å². The fourth-order valence-electron chi connectivity index (χ4n) is 1.89. The summed E-state index contributed by atoms with van der Waals surface area (Å²) in [6.45, 7) is -0.0517. The first-order chi connectivity index (χ1) is 10.8. The number of anilines is 1. The molecule has 23 heavy (non-hydrogen) atoms. The lowest BCUT2D eigenvalue weighted by molar-refractivity contribution is 0.0934. The molecule has 0 unspecified atom stereocenters. The number of pyridine rings is 1. The smallest absolute Gasteiger partial charge is 0.286 e. The van der Waals surface area contributed by atoms with E-state index in [1.165, 1.54) is 26.4 Å². The maximum atomic E-state index is 12.0. The van der Waals surface area contributed by atoms with Gasteiger partial charge < -0.3 is 14.5 Å². The van der Waals surface area contributed by atoms with Gasteiger partial charge in [0.25, 0.3) is 5.91 Å². The third kappa shape index (κ3) is 4.01. The van der Waals surface area contributed by atoms with E-state index in [0.717, 1.165) is 10.6 Å². The summed E-state index contributed by atoms with van der Waals surface area (Å²) < 4.78 is 35.5. The maximum Gasteiger partial charge on any atom is 0.286 e. The number of aromatic nitrogens is 1. The van der Waals surface area contributed by atoms with Crippen LogP contribution >= 0.6 is 0 Å². The van der Waals surface area contributed by atoms with Crippen molar-refractivity contribution in [2.24, 2.45) is 0 Å². The fraction of sp³-hybridized carbons (Fsp3) is 0.286. The predicted molar refractivity (Wildman–Crippen MR) is 83.9 cm³/mol. The van der Waals surface area contributed by atoms with Crippen molar-refractivity contribution in [1.29, 1.82) is 0 Å². The van der Waals surface area contributed by atoms with Crippen LogP contribution in [0.15, 0.2) is 34.9 Å². The first kappa shape index (κ1) is 16.8. The van der Waals surface area contributed by atoms with E-state index in [1.807, 2.05) is 0 Å². The number of furan rings is 1. The van der Waals surface area contributed by atoms with Crippen LogP contribution in [0.2, 0.25) is 0 Å². The molecule has 0 saturated carbocycles. The molecule has 0 aliphatic rings. The first-order valence-electron chi connectivity index (χ1n) is 6.63. The van der Waals surface area contributed by atoms with Crippen molar-refractivity contribution in [3.05, 3.63) is 42.0 Å². The standard InChI is InChI=1S/C14H17N3O5S/c1-15-14(18)12-6-5-11(22-12)9-17(23(3,19)20)10-4-7-13(21-2)16-8-10/h4-8H,9H2,1-3H3,(H,15,18). The molecule has 0 saturated heterocycles. The van der Waals surface area contributed by atoms with Crippen molar-refractivity contribution in [2.75, 3.05) is 24.7 Å².